The van der Waals surface area contributed by atoms with Crippen LogP contribution in [-0.4, -0.2) is 24.8 Å². The summed E-state index contributed by atoms with van der Waals surface area (Å²) in [4.78, 5) is 25.3. The molecule has 28 heavy (non-hydrogen) atoms. The molecule has 2 N–H and O–H groups in total. The number of hydrazone groups is 1. The molecule has 0 atom stereocenters. The molecule has 2 heterocycles. The van der Waals surface area contributed by atoms with Crippen LogP contribution in [0.15, 0.2) is 65.1 Å². The molecular weight excluding hydrogens is 378 g/mol. The summed E-state index contributed by atoms with van der Waals surface area (Å²) in [6.07, 6.45) is 1.51. The highest BCUT2D eigenvalue weighted by atomic mass is 32.1. The summed E-state index contributed by atoms with van der Waals surface area (Å²) in [5.41, 5.74) is 3.96. The van der Waals surface area contributed by atoms with Crippen LogP contribution in [0.5, 0.6) is 11.5 Å². The quantitative estimate of drug-likeness (QED) is 0.513. The zero-order chi connectivity index (χ0) is 19.3. The van der Waals surface area contributed by atoms with Crippen molar-refractivity contribution < 1.29 is 19.1 Å². The van der Waals surface area contributed by atoms with E-state index in [4.69, 9.17) is 9.47 Å². The first-order valence-corrected chi connectivity index (χ1v) is 9.25. The number of fused-ring (bicyclic) bond motifs is 1. The molecule has 1 aliphatic rings. The average Bonchev–Trinajstić information content (AvgIpc) is 3.40. The Kier molecular flexibility index (Phi) is 5.03. The predicted octanol–water partition coefficient (Wildman–Crippen LogP) is 3.49. The molecule has 0 spiro atoms. The van der Waals surface area contributed by atoms with E-state index in [-0.39, 0.29) is 12.7 Å². The van der Waals surface area contributed by atoms with Crippen LogP contribution in [0.2, 0.25) is 0 Å². The Morgan fingerprint density at radius 3 is 2.71 bits per heavy atom. The minimum absolute atomic E-state index is 0.195. The molecule has 0 unspecified atom stereocenters. The van der Waals surface area contributed by atoms with E-state index in [0.29, 0.717) is 27.6 Å². The molecule has 0 bridgehead atoms. The minimum Gasteiger partial charge on any atom is -0.454 e. The number of carbonyl (C=O) groups excluding carboxylic acids is 2. The third kappa shape index (κ3) is 3.86. The lowest BCUT2D eigenvalue weighted by Gasteiger charge is -2.09. The molecule has 0 radical (unpaired) electrons. The molecule has 1 aliphatic heterocycles. The lowest BCUT2D eigenvalue weighted by molar-refractivity contribution is 0.0956. The van der Waals surface area contributed by atoms with Gasteiger partial charge in [-0.1, -0.05) is 18.2 Å². The topological polar surface area (TPSA) is 89.0 Å². The molecule has 0 aliphatic carbocycles. The van der Waals surface area contributed by atoms with E-state index in [9.17, 15) is 9.59 Å². The van der Waals surface area contributed by atoms with Gasteiger partial charge >= 0.3 is 0 Å². The van der Waals surface area contributed by atoms with E-state index >= 15 is 0 Å². The van der Waals surface area contributed by atoms with Gasteiger partial charge in [-0.3, -0.25) is 9.59 Å². The first kappa shape index (κ1) is 17.7. The number of amides is 2. The number of ether oxygens (including phenoxy) is 2. The molecule has 4 rings (SSSR count). The average molecular weight is 393 g/mol. The van der Waals surface area contributed by atoms with Crippen LogP contribution < -0.4 is 20.2 Å². The van der Waals surface area contributed by atoms with Gasteiger partial charge in [0.1, 0.15) is 0 Å². The first-order valence-electron chi connectivity index (χ1n) is 8.37. The smallest absolute Gasteiger partial charge is 0.273 e. The molecule has 3 aromatic rings. The highest BCUT2D eigenvalue weighted by Crippen LogP contribution is 2.31. The fraction of sp³-hybridized carbons (Fsp3) is 0.0500. The third-order valence-electron chi connectivity index (χ3n) is 3.94. The Morgan fingerprint density at radius 1 is 1.00 bits per heavy atom. The van der Waals surface area contributed by atoms with Crippen molar-refractivity contribution in [1.29, 1.82) is 0 Å². The minimum atomic E-state index is -0.431. The Hall–Kier alpha value is -3.65. The Balaban J connectivity index is 1.44. The SMILES string of the molecule is O=C(Nc1ccccc1C(=O)N/N=C/c1ccc2c(c1)OCO2)c1cccs1. The summed E-state index contributed by atoms with van der Waals surface area (Å²) in [7, 11) is 0. The van der Waals surface area contributed by atoms with Crippen LogP contribution in [0.1, 0.15) is 25.6 Å². The number of rotatable bonds is 5. The van der Waals surface area contributed by atoms with Gasteiger partial charge in [0.15, 0.2) is 11.5 Å². The number of anilines is 1. The van der Waals surface area contributed by atoms with Crippen LogP contribution in [0.25, 0.3) is 0 Å². The van der Waals surface area contributed by atoms with Crippen molar-refractivity contribution in [1.82, 2.24) is 5.43 Å². The standard InChI is InChI=1S/C20H15N3O4S/c24-19(23-21-11-13-7-8-16-17(10-13)27-12-26-16)14-4-1-2-5-15(14)22-20(25)18-6-3-9-28-18/h1-11H,12H2,(H,22,25)(H,23,24)/b21-11+. The number of thiophene rings is 1. The molecule has 2 amide bonds. The highest BCUT2D eigenvalue weighted by Gasteiger charge is 2.15. The van der Waals surface area contributed by atoms with E-state index < -0.39 is 5.91 Å². The zero-order valence-corrected chi connectivity index (χ0v) is 15.4. The molecule has 1 aromatic heterocycles. The second-order valence-electron chi connectivity index (χ2n) is 5.79. The van der Waals surface area contributed by atoms with Crippen LogP contribution >= 0.6 is 11.3 Å². The summed E-state index contributed by atoms with van der Waals surface area (Å²) in [5.74, 6) is 0.617. The monoisotopic (exact) mass is 393 g/mol. The van der Waals surface area contributed by atoms with E-state index in [1.807, 2.05) is 5.38 Å². The highest BCUT2D eigenvalue weighted by molar-refractivity contribution is 7.12. The fourth-order valence-corrected chi connectivity index (χ4v) is 3.22. The van der Waals surface area contributed by atoms with Crippen molar-refractivity contribution in [3.63, 3.8) is 0 Å². The maximum Gasteiger partial charge on any atom is 0.273 e. The van der Waals surface area contributed by atoms with Crippen molar-refractivity contribution in [2.75, 3.05) is 12.1 Å². The lowest BCUT2D eigenvalue weighted by Crippen LogP contribution is -2.21. The van der Waals surface area contributed by atoms with Crippen LogP contribution in [0, 0.1) is 0 Å². The van der Waals surface area contributed by atoms with Crippen LogP contribution in [-0.2, 0) is 0 Å². The number of nitrogens with one attached hydrogen (secondary N) is 2. The molecule has 2 aromatic carbocycles. The van der Waals surface area contributed by atoms with Gasteiger partial charge in [-0.2, -0.15) is 5.10 Å². The van der Waals surface area contributed by atoms with Crippen LogP contribution in [0.4, 0.5) is 5.69 Å². The second-order valence-corrected chi connectivity index (χ2v) is 6.74. The molecule has 7 nitrogen and oxygen atoms in total. The summed E-state index contributed by atoms with van der Waals surface area (Å²) in [6, 6.07) is 15.6. The first-order chi connectivity index (χ1) is 13.7. The largest absolute Gasteiger partial charge is 0.454 e. The van der Waals surface area contributed by atoms with Gasteiger partial charge < -0.3 is 14.8 Å². The van der Waals surface area contributed by atoms with Gasteiger partial charge in [0.05, 0.1) is 22.3 Å². The second kappa shape index (κ2) is 7.93. The lowest BCUT2D eigenvalue weighted by atomic mass is 10.1. The number of nitrogens with zero attached hydrogens (tertiary/aromatic N) is 1. The Bertz CT molecular complexity index is 1050. The number of benzene rings is 2. The van der Waals surface area contributed by atoms with Crippen molar-refractivity contribution in [3.8, 4) is 11.5 Å². The van der Waals surface area contributed by atoms with E-state index in [2.05, 4.69) is 15.8 Å². The van der Waals surface area contributed by atoms with Gasteiger partial charge in [-0.25, -0.2) is 5.43 Å². The number of para-hydroxylation sites is 1. The molecular formula is C20H15N3O4S. The van der Waals surface area contributed by atoms with Crippen molar-refractivity contribution >= 4 is 35.1 Å². The summed E-state index contributed by atoms with van der Waals surface area (Å²) < 4.78 is 10.6. The van der Waals surface area contributed by atoms with Crippen molar-refractivity contribution in [2.45, 2.75) is 0 Å². The van der Waals surface area contributed by atoms with Gasteiger partial charge in [0.2, 0.25) is 6.79 Å². The molecule has 0 saturated carbocycles. The molecule has 0 saturated heterocycles. The van der Waals surface area contributed by atoms with Gasteiger partial charge in [0, 0.05) is 0 Å². The Labute approximate surface area is 164 Å². The number of hydrogen-bond donors (Lipinski definition) is 2. The third-order valence-corrected chi connectivity index (χ3v) is 4.81. The fourth-order valence-electron chi connectivity index (χ4n) is 2.60. The number of carbonyl (C=O) groups is 2. The van der Waals surface area contributed by atoms with Crippen LogP contribution in [0.3, 0.4) is 0 Å². The summed E-state index contributed by atoms with van der Waals surface area (Å²) in [5, 5.41) is 8.56. The van der Waals surface area contributed by atoms with Gasteiger partial charge in [-0.15, -0.1) is 11.3 Å². The van der Waals surface area contributed by atoms with Crippen molar-refractivity contribution in [2.24, 2.45) is 5.10 Å². The van der Waals surface area contributed by atoms with Crippen molar-refractivity contribution in [3.05, 3.63) is 76.0 Å². The van der Waals surface area contributed by atoms with E-state index in [0.717, 1.165) is 5.56 Å². The molecule has 140 valence electrons. The maximum atomic E-state index is 12.5. The normalized spacial score (nSPS) is 12.1. The summed E-state index contributed by atoms with van der Waals surface area (Å²) in [6.45, 7) is 0.195. The van der Waals surface area contributed by atoms with E-state index in [1.165, 1.54) is 17.6 Å². The molecule has 8 heteroatoms. The molecule has 0 fully saturated rings. The zero-order valence-electron chi connectivity index (χ0n) is 14.5. The van der Waals surface area contributed by atoms with E-state index in [1.54, 1.807) is 54.6 Å². The predicted molar refractivity (Wildman–Crippen MR) is 106 cm³/mol. The number of hydrogen-bond acceptors (Lipinski definition) is 6. The van der Waals surface area contributed by atoms with Gasteiger partial charge in [-0.05, 0) is 47.3 Å². The Morgan fingerprint density at radius 2 is 1.86 bits per heavy atom. The van der Waals surface area contributed by atoms with Gasteiger partial charge in [0.25, 0.3) is 11.8 Å². The maximum absolute atomic E-state index is 12.5. The summed E-state index contributed by atoms with van der Waals surface area (Å²) >= 11 is 1.33.